The van der Waals surface area contributed by atoms with Gasteiger partial charge in [-0.1, -0.05) is 43.5 Å². The summed E-state index contributed by atoms with van der Waals surface area (Å²) in [6, 6.07) is 11.0. The van der Waals surface area contributed by atoms with Crippen LogP contribution in [0.25, 0.3) is 33.6 Å². The molecular weight excluding hydrogens is 699 g/mol. The zero-order chi connectivity index (χ0) is 34.6. The van der Waals surface area contributed by atoms with Gasteiger partial charge in [-0.15, -0.1) is 0 Å². The van der Waals surface area contributed by atoms with Crippen LogP contribution in [0.5, 0.6) is 11.8 Å². The maximum Gasteiger partial charge on any atom is 0.237 e. The Labute approximate surface area is 300 Å². The molecule has 4 fully saturated rings. The molecule has 4 aliphatic heterocycles. The fourth-order valence-electron chi connectivity index (χ4n) is 7.99. The van der Waals surface area contributed by atoms with Crippen LogP contribution in [0.3, 0.4) is 0 Å². The van der Waals surface area contributed by atoms with Gasteiger partial charge >= 0.3 is 0 Å². The van der Waals surface area contributed by atoms with Crippen molar-refractivity contribution in [1.82, 2.24) is 40.4 Å². The number of likely N-dealkylation sites (tertiary alicyclic amines) is 2. The maximum absolute atomic E-state index is 16.4. The molecular formula is C38H40BrFN8O2. The molecule has 0 radical (unpaired) electrons. The second-order valence-corrected chi connectivity index (χ2v) is 14.9. The Bertz CT molecular complexity index is 1870. The van der Waals surface area contributed by atoms with Crippen LogP contribution in [-0.2, 0) is 13.1 Å². The van der Waals surface area contributed by atoms with Gasteiger partial charge in [-0.3, -0.25) is 19.8 Å². The van der Waals surface area contributed by atoms with Crippen molar-refractivity contribution in [3.05, 3.63) is 95.0 Å². The molecule has 0 saturated carbocycles. The molecule has 0 bridgehead atoms. The van der Waals surface area contributed by atoms with Crippen molar-refractivity contribution in [3.63, 3.8) is 0 Å². The van der Waals surface area contributed by atoms with E-state index in [0.29, 0.717) is 57.4 Å². The van der Waals surface area contributed by atoms with Gasteiger partial charge in [-0.05, 0) is 53.2 Å². The van der Waals surface area contributed by atoms with Crippen LogP contribution >= 0.6 is 15.9 Å². The minimum Gasteiger partial charge on any atom is -0.480 e. The van der Waals surface area contributed by atoms with Crippen LogP contribution in [0.15, 0.2) is 77.8 Å². The average Bonchev–Trinajstić information content (AvgIpc) is 3.68. The minimum atomic E-state index is -0.404. The number of aromatic nitrogens is 4. The minimum absolute atomic E-state index is 0.121. The molecule has 0 amide bonds. The van der Waals surface area contributed by atoms with E-state index < -0.39 is 5.82 Å². The Morgan fingerprint density at radius 3 is 1.68 bits per heavy atom. The smallest absolute Gasteiger partial charge is 0.237 e. The number of halogens is 2. The molecule has 10 nitrogen and oxygen atoms in total. The lowest BCUT2D eigenvalue weighted by atomic mass is 9.88. The molecule has 6 heterocycles. The Hall–Kier alpha value is -4.39. The van der Waals surface area contributed by atoms with Crippen molar-refractivity contribution in [2.24, 2.45) is 0 Å². The van der Waals surface area contributed by atoms with E-state index in [4.69, 9.17) is 24.4 Å². The lowest BCUT2D eigenvalue weighted by Crippen LogP contribution is -2.65. The van der Waals surface area contributed by atoms with Crippen molar-refractivity contribution in [1.29, 1.82) is 0 Å². The van der Waals surface area contributed by atoms with Crippen LogP contribution in [0.4, 0.5) is 4.39 Å². The van der Waals surface area contributed by atoms with Gasteiger partial charge in [0, 0.05) is 71.8 Å². The highest BCUT2D eigenvalue weighted by Gasteiger charge is 2.47. The highest BCUT2D eigenvalue weighted by Crippen LogP contribution is 2.41. The number of nitrogens with zero attached hydrogens (tertiary/aromatic N) is 6. The molecule has 8 rings (SSSR count). The molecule has 0 aliphatic carbocycles. The fourth-order valence-corrected chi connectivity index (χ4v) is 8.68. The molecule has 4 aromatic rings. The molecule has 50 heavy (non-hydrogen) atoms. The molecule has 2 aromatic carbocycles. The Morgan fingerprint density at radius 2 is 1.20 bits per heavy atom. The molecule has 12 heteroatoms. The van der Waals surface area contributed by atoms with Crippen LogP contribution in [-0.4, -0.2) is 81.2 Å². The second-order valence-electron chi connectivity index (χ2n) is 14.1. The molecule has 2 N–H and O–H groups in total. The topological polar surface area (TPSA) is 101 Å². The monoisotopic (exact) mass is 738 g/mol. The highest BCUT2D eigenvalue weighted by atomic mass is 79.9. The van der Waals surface area contributed by atoms with E-state index in [2.05, 4.69) is 54.5 Å². The Balaban J connectivity index is 1.01. The first kappa shape index (κ1) is 32.8. The molecule has 0 unspecified atom stereocenters. The van der Waals surface area contributed by atoms with Gasteiger partial charge in [0.1, 0.15) is 17.2 Å². The normalized spacial score (nSPS) is 19.3. The number of hydrogen-bond donors (Lipinski definition) is 2. The summed E-state index contributed by atoms with van der Waals surface area (Å²) in [5, 5.41) is 7.10. The van der Waals surface area contributed by atoms with Gasteiger partial charge in [0.2, 0.25) is 11.8 Å². The summed E-state index contributed by atoms with van der Waals surface area (Å²) in [4.78, 5) is 23.6. The summed E-state index contributed by atoms with van der Waals surface area (Å²) in [7, 11) is 3.18. The zero-order valence-electron chi connectivity index (χ0n) is 28.4. The number of methoxy groups -OCH3 is 2. The number of ether oxygens (including phenoxy) is 2. The Kier molecular flexibility index (Phi) is 8.35. The molecule has 2 spiro atoms. The third-order valence-electron chi connectivity index (χ3n) is 10.4. The van der Waals surface area contributed by atoms with Gasteiger partial charge < -0.3 is 20.1 Å². The molecule has 4 aliphatic rings. The highest BCUT2D eigenvalue weighted by molar-refractivity contribution is 9.10. The van der Waals surface area contributed by atoms with E-state index in [9.17, 15) is 0 Å². The molecule has 2 aromatic heterocycles. The molecule has 258 valence electrons. The van der Waals surface area contributed by atoms with E-state index in [1.54, 1.807) is 38.7 Å². The SMILES string of the molecule is C=C1CCC2(CN(Cc3ncc(-c4cccc(-c5cccc(-c6cnc(CN7CC8(CCC(=C)N8)C7)c(OC)n6)c5Br)c4F)nc3OC)C2)N1. The van der Waals surface area contributed by atoms with Crippen molar-refractivity contribution >= 4 is 15.9 Å². The number of benzene rings is 2. The zero-order valence-corrected chi connectivity index (χ0v) is 29.9. The lowest BCUT2D eigenvalue weighted by Gasteiger charge is -2.48. The van der Waals surface area contributed by atoms with Crippen LogP contribution in [0, 0.1) is 5.82 Å². The molecule has 0 atom stereocenters. The molecule has 4 saturated heterocycles. The fraction of sp³-hybridized carbons (Fsp3) is 0.368. The average molecular weight is 740 g/mol. The van der Waals surface area contributed by atoms with Crippen LogP contribution in [0.1, 0.15) is 37.1 Å². The van der Waals surface area contributed by atoms with E-state index in [0.717, 1.165) is 80.2 Å². The Morgan fingerprint density at radius 1 is 0.740 bits per heavy atom. The van der Waals surface area contributed by atoms with E-state index >= 15 is 4.39 Å². The van der Waals surface area contributed by atoms with Gasteiger partial charge in [-0.2, -0.15) is 0 Å². The summed E-state index contributed by atoms with van der Waals surface area (Å²) in [5.74, 6) is 0.465. The van der Waals surface area contributed by atoms with Crippen molar-refractivity contribution in [3.8, 4) is 45.4 Å². The van der Waals surface area contributed by atoms with Gasteiger partial charge in [-0.25, -0.2) is 14.4 Å². The van der Waals surface area contributed by atoms with Gasteiger partial charge in [0.15, 0.2) is 0 Å². The predicted octanol–water partition coefficient (Wildman–Crippen LogP) is 6.09. The summed E-state index contributed by atoms with van der Waals surface area (Å²) >= 11 is 3.77. The first-order chi connectivity index (χ1) is 24.2. The first-order valence-corrected chi connectivity index (χ1v) is 17.7. The quantitative estimate of drug-likeness (QED) is 0.210. The number of allylic oxidation sites excluding steroid dienone is 2. The third kappa shape index (κ3) is 5.92. The maximum atomic E-state index is 16.4. The van der Waals surface area contributed by atoms with Crippen molar-refractivity contribution < 1.29 is 13.9 Å². The summed E-state index contributed by atoms with van der Waals surface area (Å²) in [5.41, 5.74) is 7.23. The first-order valence-electron chi connectivity index (χ1n) is 16.9. The van der Waals surface area contributed by atoms with Gasteiger partial charge in [0.25, 0.3) is 0 Å². The summed E-state index contributed by atoms with van der Waals surface area (Å²) in [6.07, 6.45) is 7.63. The van der Waals surface area contributed by atoms with Crippen molar-refractivity contribution in [2.45, 2.75) is 49.9 Å². The van der Waals surface area contributed by atoms with E-state index in [1.165, 1.54) is 0 Å². The number of rotatable bonds is 9. The predicted molar refractivity (Wildman–Crippen MR) is 194 cm³/mol. The summed E-state index contributed by atoms with van der Waals surface area (Å²) in [6.45, 7) is 13.1. The lowest BCUT2D eigenvalue weighted by molar-refractivity contribution is 0.0488. The van der Waals surface area contributed by atoms with Gasteiger partial charge in [0.05, 0.1) is 49.1 Å². The van der Waals surface area contributed by atoms with Crippen LogP contribution in [0.2, 0.25) is 0 Å². The number of nitrogens with one attached hydrogen (secondary N) is 2. The summed E-state index contributed by atoms with van der Waals surface area (Å²) < 4.78 is 28.5. The van der Waals surface area contributed by atoms with E-state index in [1.807, 2.05) is 24.3 Å². The van der Waals surface area contributed by atoms with Crippen molar-refractivity contribution in [2.75, 3.05) is 40.4 Å². The largest absolute Gasteiger partial charge is 0.480 e. The second kappa shape index (κ2) is 12.7. The van der Waals surface area contributed by atoms with Crippen LogP contribution < -0.4 is 20.1 Å². The third-order valence-corrected chi connectivity index (χ3v) is 11.3. The van der Waals surface area contributed by atoms with E-state index in [-0.39, 0.29) is 11.1 Å². The number of hydrogen-bond acceptors (Lipinski definition) is 10. The standard InChI is InChI=1S/C38H40BrFN8O2/c1-23-11-13-37(45-23)19-47(20-37)17-31-35(49-3)43-29(15-41-31)27-9-5-7-25(33(27)39)26-8-6-10-28(34(26)40)30-16-42-32(36(44-30)50-4)18-48-21-38(22-48)14-12-24(2)46-38/h5-10,15-16,45-46H,1-2,11-14,17-22H2,3-4H3.